The molecule has 1 fully saturated rings. The number of rotatable bonds is 3. The molecule has 120 valence electrons. The van der Waals surface area contributed by atoms with Gasteiger partial charge in [0.2, 0.25) is 0 Å². The second kappa shape index (κ2) is 6.24. The Morgan fingerprint density at radius 3 is 2.52 bits per heavy atom. The Morgan fingerprint density at radius 2 is 1.87 bits per heavy atom. The number of phenols is 1. The molecule has 0 amide bonds. The zero-order valence-corrected chi connectivity index (χ0v) is 13.0. The van der Waals surface area contributed by atoms with Gasteiger partial charge in [-0.2, -0.15) is 0 Å². The molecule has 1 aromatic carbocycles. The zero-order valence-electron chi connectivity index (χ0n) is 13.0. The number of anilines is 1. The van der Waals surface area contributed by atoms with Crippen LogP contribution in [0.4, 0.5) is 5.82 Å². The molecule has 0 unspecified atom stereocenters. The molecule has 1 aliphatic heterocycles. The Kier molecular flexibility index (Phi) is 4.14. The first-order valence-corrected chi connectivity index (χ1v) is 7.66. The van der Waals surface area contributed by atoms with Crippen molar-refractivity contribution in [1.82, 2.24) is 9.55 Å². The Morgan fingerprint density at radius 1 is 1.22 bits per heavy atom. The van der Waals surface area contributed by atoms with Gasteiger partial charge in [-0.25, -0.2) is 4.98 Å². The molecule has 0 spiro atoms. The lowest BCUT2D eigenvalue weighted by molar-refractivity contribution is 0.0900. The summed E-state index contributed by atoms with van der Waals surface area (Å²) in [7, 11) is 1.70. The van der Waals surface area contributed by atoms with Crippen molar-refractivity contribution >= 4 is 11.6 Å². The number of benzene rings is 1. The largest absolute Gasteiger partial charge is 0.508 e. The molecule has 1 aromatic heterocycles. The number of phenolic OH excluding ortho intramolecular Hbond substituents is 1. The van der Waals surface area contributed by atoms with Crippen molar-refractivity contribution in [2.24, 2.45) is 13.0 Å². The van der Waals surface area contributed by atoms with Crippen molar-refractivity contribution in [3.8, 4) is 5.75 Å². The fraction of sp³-hybridized carbons (Fsp3) is 0.353. The van der Waals surface area contributed by atoms with Crippen molar-refractivity contribution in [2.75, 3.05) is 18.0 Å². The summed E-state index contributed by atoms with van der Waals surface area (Å²) in [5, 5.41) is 9.30. The van der Waals surface area contributed by atoms with Crippen molar-refractivity contribution < 1.29 is 9.90 Å². The van der Waals surface area contributed by atoms with Crippen molar-refractivity contribution in [1.29, 1.82) is 0 Å². The molecule has 0 atom stereocenters. The predicted molar refractivity (Wildman–Crippen MR) is 86.9 cm³/mol. The van der Waals surface area contributed by atoms with E-state index >= 15 is 0 Å². The van der Waals surface area contributed by atoms with Crippen LogP contribution in [0.5, 0.6) is 5.75 Å². The molecule has 2 aromatic rings. The molecule has 3 rings (SSSR count). The van der Waals surface area contributed by atoms with Crippen LogP contribution in [-0.2, 0) is 7.05 Å². The standard InChI is InChI=1S/C17H19N3O3/c1-19-11-8-18-16(17(19)23)20-9-6-13(7-10-20)15(22)12-2-4-14(21)5-3-12/h2-5,8,11,13,21H,6-7,9-10H2,1H3. The van der Waals surface area contributed by atoms with Gasteiger partial charge in [0.1, 0.15) is 5.75 Å². The van der Waals surface area contributed by atoms with E-state index in [-0.39, 0.29) is 23.0 Å². The van der Waals surface area contributed by atoms with Crippen molar-refractivity contribution in [2.45, 2.75) is 12.8 Å². The van der Waals surface area contributed by atoms with Gasteiger partial charge in [0.05, 0.1) is 0 Å². The van der Waals surface area contributed by atoms with E-state index in [2.05, 4.69) is 4.98 Å². The second-order valence-electron chi connectivity index (χ2n) is 5.84. The van der Waals surface area contributed by atoms with E-state index in [1.165, 1.54) is 16.7 Å². The number of carbonyl (C=O) groups excluding carboxylic acids is 1. The van der Waals surface area contributed by atoms with Crippen LogP contribution in [-0.4, -0.2) is 33.5 Å². The van der Waals surface area contributed by atoms with Gasteiger partial charge in [0.25, 0.3) is 5.56 Å². The molecule has 0 bridgehead atoms. The smallest absolute Gasteiger partial charge is 0.293 e. The molecule has 2 heterocycles. The number of hydrogen-bond acceptors (Lipinski definition) is 5. The number of carbonyl (C=O) groups is 1. The molecule has 23 heavy (non-hydrogen) atoms. The third kappa shape index (κ3) is 3.11. The van der Waals surface area contributed by atoms with E-state index < -0.39 is 0 Å². The molecular formula is C17H19N3O3. The molecular weight excluding hydrogens is 294 g/mol. The van der Waals surface area contributed by atoms with Gasteiger partial charge in [-0.3, -0.25) is 9.59 Å². The number of aryl methyl sites for hydroxylation is 1. The predicted octanol–water partition coefficient (Wildman–Crippen LogP) is 1.59. The first kappa shape index (κ1) is 15.3. The van der Waals surface area contributed by atoms with E-state index in [0.29, 0.717) is 37.3 Å². The summed E-state index contributed by atoms with van der Waals surface area (Å²) in [4.78, 5) is 30.7. The summed E-state index contributed by atoms with van der Waals surface area (Å²) < 4.78 is 1.51. The Hall–Kier alpha value is -2.63. The highest BCUT2D eigenvalue weighted by atomic mass is 16.3. The van der Waals surface area contributed by atoms with E-state index in [1.54, 1.807) is 31.6 Å². The van der Waals surface area contributed by atoms with Crippen molar-refractivity contribution in [3.63, 3.8) is 0 Å². The highest BCUT2D eigenvalue weighted by Crippen LogP contribution is 2.24. The monoisotopic (exact) mass is 313 g/mol. The lowest BCUT2D eigenvalue weighted by Crippen LogP contribution is -2.40. The number of piperidine rings is 1. The third-order valence-corrected chi connectivity index (χ3v) is 4.32. The summed E-state index contributed by atoms with van der Waals surface area (Å²) in [6, 6.07) is 6.36. The van der Waals surface area contributed by atoms with Crippen LogP contribution in [0.25, 0.3) is 0 Å². The molecule has 1 aliphatic rings. The Balaban J connectivity index is 1.68. The number of nitrogens with zero attached hydrogens (tertiary/aromatic N) is 3. The fourth-order valence-corrected chi connectivity index (χ4v) is 2.92. The topological polar surface area (TPSA) is 75.4 Å². The molecule has 0 aliphatic carbocycles. The minimum atomic E-state index is -0.115. The average molecular weight is 313 g/mol. The lowest BCUT2D eigenvalue weighted by atomic mass is 9.89. The molecule has 6 heteroatoms. The van der Waals surface area contributed by atoms with Gasteiger partial charge in [-0.15, -0.1) is 0 Å². The molecule has 1 saturated heterocycles. The van der Waals surface area contributed by atoms with Crippen molar-refractivity contribution in [3.05, 3.63) is 52.6 Å². The maximum Gasteiger partial charge on any atom is 0.293 e. The van der Waals surface area contributed by atoms with Gasteiger partial charge < -0.3 is 14.6 Å². The van der Waals surface area contributed by atoms with Gasteiger partial charge in [-0.05, 0) is 37.1 Å². The van der Waals surface area contributed by atoms with Crippen LogP contribution in [0, 0.1) is 5.92 Å². The van der Waals surface area contributed by atoms with Crippen LogP contribution >= 0.6 is 0 Å². The average Bonchev–Trinajstić information content (AvgIpc) is 2.58. The van der Waals surface area contributed by atoms with Crippen LogP contribution < -0.4 is 10.5 Å². The van der Waals surface area contributed by atoms with E-state index in [4.69, 9.17) is 0 Å². The van der Waals surface area contributed by atoms with Crippen LogP contribution in [0.15, 0.2) is 41.5 Å². The summed E-state index contributed by atoms with van der Waals surface area (Å²) in [6.45, 7) is 1.28. The number of ketones is 1. The summed E-state index contributed by atoms with van der Waals surface area (Å²) >= 11 is 0. The van der Waals surface area contributed by atoms with Crippen LogP contribution in [0.2, 0.25) is 0 Å². The van der Waals surface area contributed by atoms with Gasteiger partial charge >= 0.3 is 0 Å². The van der Waals surface area contributed by atoms with Crippen LogP contribution in [0.1, 0.15) is 23.2 Å². The van der Waals surface area contributed by atoms with E-state index in [9.17, 15) is 14.7 Å². The maximum atomic E-state index is 12.5. The molecule has 1 N–H and O–H groups in total. The fourth-order valence-electron chi connectivity index (χ4n) is 2.92. The normalized spacial score (nSPS) is 15.6. The quantitative estimate of drug-likeness (QED) is 0.871. The van der Waals surface area contributed by atoms with E-state index in [1.807, 2.05) is 4.90 Å². The number of Topliss-reactive ketones (excluding diaryl/α,β-unsaturated/α-hetero) is 1. The summed E-state index contributed by atoms with van der Waals surface area (Å²) in [5.74, 6) is 0.648. The molecule has 6 nitrogen and oxygen atoms in total. The minimum absolute atomic E-state index is 0.0524. The first-order valence-electron chi connectivity index (χ1n) is 7.66. The maximum absolute atomic E-state index is 12.5. The van der Waals surface area contributed by atoms with Gasteiger partial charge in [-0.1, -0.05) is 0 Å². The minimum Gasteiger partial charge on any atom is -0.508 e. The highest BCUT2D eigenvalue weighted by Gasteiger charge is 2.27. The number of aromatic hydroxyl groups is 1. The summed E-state index contributed by atoms with van der Waals surface area (Å²) in [6.07, 6.45) is 4.64. The van der Waals surface area contributed by atoms with Gasteiger partial charge in [0, 0.05) is 44.0 Å². The highest BCUT2D eigenvalue weighted by molar-refractivity contribution is 5.98. The third-order valence-electron chi connectivity index (χ3n) is 4.32. The molecule has 0 radical (unpaired) electrons. The summed E-state index contributed by atoms with van der Waals surface area (Å²) in [5.41, 5.74) is 0.505. The zero-order chi connectivity index (χ0) is 16.4. The Bertz CT molecular complexity index is 759. The van der Waals surface area contributed by atoms with E-state index in [0.717, 1.165) is 0 Å². The SMILES string of the molecule is Cn1ccnc(N2CCC(C(=O)c3ccc(O)cc3)CC2)c1=O. The van der Waals surface area contributed by atoms with Crippen LogP contribution in [0.3, 0.4) is 0 Å². The lowest BCUT2D eigenvalue weighted by Gasteiger charge is -2.31. The Labute approximate surface area is 134 Å². The number of hydrogen-bond donors (Lipinski definition) is 1. The number of aromatic nitrogens is 2. The second-order valence-corrected chi connectivity index (χ2v) is 5.84. The first-order chi connectivity index (χ1) is 11.1. The van der Waals surface area contributed by atoms with Gasteiger partial charge in [0.15, 0.2) is 11.6 Å². The molecule has 0 saturated carbocycles.